The summed E-state index contributed by atoms with van der Waals surface area (Å²) in [5.74, 6) is -0.464. The van der Waals surface area contributed by atoms with Gasteiger partial charge in [0.1, 0.15) is 0 Å². The second-order valence-corrected chi connectivity index (χ2v) is 7.74. The molecule has 9 heteroatoms. The third kappa shape index (κ3) is 4.19. The van der Waals surface area contributed by atoms with Crippen LogP contribution in [0.3, 0.4) is 0 Å². The van der Waals surface area contributed by atoms with Crippen molar-refractivity contribution in [3.63, 3.8) is 0 Å². The molecule has 6 nitrogen and oxygen atoms in total. The van der Waals surface area contributed by atoms with E-state index in [4.69, 9.17) is 27.6 Å². The zero-order valence-corrected chi connectivity index (χ0v) is 15.4. The second-order valence-electron chi connectivity index (χ2n) is 5.18. The molecule has 0 spiro atoms. The number of anilines is 2. The molecule has 0 fully saturated rings. The van der Waals surface area contributed by atoms with Crippen LogP contribution >= 0.6 is 23.2 Å². The van der Waals surface area contributed by atoms with Crippen molar-refractivity contribution < 1.29 is 17.6 Å². The summed E-state index contributed by atoms with van der Waals surface area (Å²) in [5.41, 5.74) is 0.332. The number of carbonyl (C=O) groups is 1. The van der Waals surface area contributed by atoms with Gasteiger partial charge in [-0.05, 0) is 48.5 Å². The van der Waals surface area contributed by atoms with Crippen LogP contribution in [0.2, 0.25) is 10.0 Å². The minimum Gasteiger partial charge on any atom is -0.459 e. The molecular formula is C17H12Cl2N2O4S. The summed E-state index contributed by atoms with van der Waals surface area (Å²) in [6, 6.07) is 13.2. The minimum absolute atomic E-state index is 0.0109. The quantitative estimate of drug-likeness (QED) is 0.640. The minimum atomic E-state index is -3.91. The Hall–Kier alpha value is -2.48. The van der Waals surface area contributed by atoms with Crippen molar-refractivity contribution >= 4 is 50.5 Å². The van der Waals surface area contributed by atoms with Gasteiger partial charge in [0.2, 0.25) is 0 Å². The molecule has 134 valence electrons. The average molecular weight is 411 g/mol. The van der Waals surface area contributed by atoms with E-state index in [0.29, 0.717) is 5.02 Å². The van der Waals surface area contributed by atoms with Crippen LogP contribution in [0.4, 0.5) is 11.4 Å². The molecule has 0 bridgehead atoms. The summed E-state index contributed by atoms with van der Waals surface area (Å²) >= 11 is 11.8. The molecule has 2 aromatic carbocycles. The number of furan rings is 1. The lowest BCUT2D eigenvalue weighted by molar-refractivity contribution is 0.0996. The highest BCUT2D eigenvalue weighted by Gasteiger charge is 2.18. The van der Waals surface area contributed by atoms with Crippen LogP contribution in [0, 0.1) is 0 Å². The van der Waals surface area contributed by atoms with E-state index in [2.05, 4.69) is 10.0 Å². The van der Waals surface area contributed by atoms with E-state index in [1.165, 1.54) is 48.7 Å². The number of nitrogens with one attached hydrogen (secondary N) is 2. The Morgan fingerprint density at radius 3 is 2.38 bits per heavy atom. The Kier molecular flexibility index (Phi) is 5.22. The third-order valence-electron chi connectivity index (χ3n) is 3.33. The smallest absolute Gasteiger partial charge is 0.291 e. The normalized spacial score (nSPS) is 11.2. The van der Waals surface area contributed by atoms with Crippen LogP contribution < -0.4 is 10.0 Å². The van der Waals surface area contributed by atoms with Crippen LogP contribution in [0.25, 0.3) is 0 Å². The van der Waals surface area contributed by atoms with Gasteiger partial charge in [-0.3, -0.25) is 9.52 Å². The summed E-state index contributed by atoms with van der Waals surface area (Å²) in [4.78, 5) is 12.2. The molecule has 2 N–H and O–H groups in total. The summed E-state index contributed by atoms with van der Waals surface area (Å²) in [5, 5.41) is 3.18. The molecule has 0 aliphatic rings. The first-order chi connectivity index (χ1) is 12.3. The fraction of sp³-hybridized carbons (Fsp3) is 0. The van der Waals surface area contributed by atoms with E-state index in [-0.39, 0.29) is 27.1 Å². The largest absolute Gasteiger partial charge is 0.459 e. The highest BCUT2D eigenvalue weighted by atomic mass is 35.5. The Bertz CT molecular complexity index is 1050. The van der Waals surface area contributed by atoms with Gasteiger partial charge < -0.3 is 9.73 Å². The van der Waals surface area contributed by atoms with Gasteiger partial charge >= 0.3 is 0 Å². The number of halogens is 2. The standard InChI is InChI=1S/C17H12Cl2N2O4S/c18-11-3-1-4-13(9-11)26(23,24)21-14-7-6-12(19)10-15(14)20-17(22)16-5-2-8-25-16/h1-10,21H,(H,20,22). The first-order valence-electron chi connectivity index (χ1n) is 7.28. The molecule has 0 unspecified atom stereocenters. The molecule has 1 amide bonds. The lowest BCUT2D eigenvalue weighted by Crippen LogP contribution is -2.17. The molecule has 3 aromatic rings. The molecule has 0 saturated carbocycles. The molecule has 0 aliphatic carbocycles. The van der Waals surface area contributed by atoms with Gasteiger partial charge in [0.05, 0.1) is 22.5 Å². The van der Waals surface area contributed by atoms with Gasteiger partial charge in [0.15, 0.2) is 5.76 Å². The lowest BCUT2D eigenvalue weighted by Gasteiger charge is -2.14. The highest BCUT2D eigenvalue weighted by Crippen LogP contribution is 2.29. The Morgan fingerprint density at radius 2 is 1.69 bits per heavy atom. The van der Waals surface area contributed by atoms with E-state index in [9.17, 15) is 13.2 Å². The zero-order chi connectivity index (χ0) is 18.7. The molecule has 0 saturated heterocycles. The van der Waals surface area contributed by atoms with E-state index in [0.717, 1.165) is 0 Å². The number of hydrogen-bond donors (Lipinski definition) is 2. The fourth-order valence-electron chi connectivity index (χ4n) is 2.14. The van der Waals surface area contributed by atoms with Crippen LogP contribution in [0.1, 0.15) is 10.6 Å². The fourth-order valence-corrected chi connectivity index (χ4v) is 3.69. The molecular weight excluding hydrogens is 399 g/mol. The summed E-state index contributed by atoms with van der Waals surface area (Å²) in [7, 11) is -3.91. The number of rotatable bonds is 5. The van der Waals surface area contributed by atoms with Crippen LogP contribution in [0.5, 0.6) is 0 Å². The van der Waals surface area contributed by atoms with E-state index in [1.54, 1.807) is 12.1 Å². The predicted molar refractivity (Wildman–Crippen MR) is 100 cm³/mol. The molecule has 0 aliphatic heterocycles. The van der Waals surface area contributed by atoms with Crippen LogP contribution in [-0.4, -0.2) is 14.3 Å². The first kappa shape index (κ1) is 18.3. The second kappa shape index (κ2) is 7.41. The van der Waals surface area contributed by atoms with Gasteiger partial charge in [-0.15, -0.1) is 0 Å². The number of sulfonamides is 1. The van der Waals surface area contributed by atoms with Crippen molar-refractivity contribution in [2.24, 2.45) is 0 Å². The van der Waals surface area contributed by atoms with Gasteiger partial charge in [-0.2, -0.15) is 0 Å². The Labute approximate surface area is 159 Å². The van der Waals surface area contributed by atoms with Crippen molar-refractivity contribution in [1.29, 1.82) is 0 Å². The predicted octanol–water partition coefficient (Wildman–Crippen LogP) is 4.64. The van der Waals surface area contributed by atoms with Gasteiger partial charge in [-0.25, -0.2) is 8.42 Å². The van der Waals surface area contributed by atoms with Crippen molar-refractivity contribution in [3.05, 3.63) is 76.7 Å². The maximum atomic E-state index is 12.6. The number of carbonyl (C=O) groups excluding carboxylic acids is 1. The highest BCUT2D eigenvalue weighted by molar-refractivity contribution is 7.92. The first-order valence-corrected chi connectivity index (χ1v) is 9.52. The van der Waals surface area contributed by atoms with E-state index in [1.807, 2.05) is 0 Å². The number of amides is 1. The van der Waals surface area contributed by atoms with Gasteiger partial charge in [0, 0.05) is 10.0 Å². The van der Waals surface area contributed by atoms with Crippen molar-refractivity contribution in [2.45, 2.75) is 4.90 Å². The average Bonchev–Trinajstić information content (AvgIpc) is 3.12. The summed E-state index contributed by atoms with van der Waals surface area (Å²) in [6.45, 7) is 0. The van der Waals surface area contributed by atoms with Gasteiger partial charge in [0.25, 0.3) is 15.9 Å². The Morgan fingerprint density at radius 1 is 0.923 bits per heavy atom. The molecule has 26 heavy (non-hydrogen) atoms. The summed E-state index contributed by atoms with van der Waals surface area (Å²) in [6.07, 6.45) is 1.36. The van der Waals surface area contributed by atoms with Crippen LogP contribution in [-0.2, 0) is 10.0 Å². The Balaban J connectivity index is 1.91. The monoisotopic (exact) mass is 410 g/mol. The van der Waals surface area contributed by atoms with Crippen molar-refractivity contribution in [2.75, 3.05) is 10.0 Å². The molecule has 0 atom stereocenters. The molecule has 1 aromatic heterocycles. The topological polar surface area (TPSA) is 88.4 Å². The summed E-state index contributed by atoms with van der Waals surface area (Å²) < 4.78 is 32.6. The van der Waals surface area contributed by atoms with Crippen molar-refractivity contribution in [3.8, 4) is 0 Å². The van der Waals surface area contributed by atoms with Gasteiger partial charge in [-0.1, -0.05) is 29.3 Å². The maximum Gasteiger partial charge on any atom is 0.291 e. The number of hydrogen-bond acceptors (Lipinski definition) is 4. The molecule has 0 radical (unpaired) electrons. The number of benzene rings is 2. The van der Waals surface area contributed by atoms with E-state index < -0.39 is 15.9 Å². The zero-order valence-electron chi connectivity index (χ0n) is 13.1. The van der Waals surface area contributed by atoms with E-state index >= 15 is 0 Å². The molecule has 1 heterocycles. The SMILES string of the molecule is O=C(Nc1cc(Cl)ccc1NS(=O)(=O)c1cccc(Cl)c1)c1ccco1. The lowest BCUT2D eigenvalue weighted by atomic mass is 10.2. The molecule has 3 rings (SSSR count). The maximum absolute atomic E-state index is 12.6. The van der Waals surface area contributed by atoms with Crippen LogP contribution in [0.15, 0.2) is 70.2 Å². The van der Waals surface area contributed by atoms with Crippen molar-refractivity contribution in [1.82, 2.24) is 0 Å². The third-order valence-corrected chi connectivity index (χ3v) is 5.16.